The van der Waals surface area contributed by atoms with Crippen molar-refractivity contribution >= 4 is 37.3 Å². The molecule has 0 saturated carbocycles. The molecule has 174 valence electrons. The molecule has 1 N–H and O–H groups in total. The fourth-order valence-electron chi connectivity index (χ4n) is 3.39. The molecule has 32 heavy (non-hydrogen) atoms. The summed E-state index contributed by atoms with van der Waals surface area (Å²) in [6.07, 6.45) is 0.996. The van der Waals surface area contributed by atoms with Crippen LogP contribution in [-0.2, 0) is 29.6 Å². The highest BCUT2D eigenvalue weighted by Crippen LogP contribution is 2.23. The minimum Gasteiger partial charge on any atom is -0.379 e. The maximum absolute atomic E-state index is 12.8. The number of benzene rings is 2. The molecule has 11 heteroatoms. The third-order valence-electron chi connectivity index (χ3n) is 5.08. The van der Waals surface area contributed by atoms with E-state index in [1.807, 2.05) is 26.0 Å². The molecule has 1 aliphatic heterocycles. The molecule has 2 aromatic carbocycles. The van der Waals surface area contributed by atoms with Crippen molar-refractivity contribution in [1.82, 2.24) is 4.31 Å². The van der Waals surface area contributed by atoms with E-state index in [2.05, 4.69) is 5.32 Å². The van der Waals surface area contributed by atoms with Gasteiger partial charge in [0.05, 0.1) is 30.1 Å². The minimum absolute atomic E-state index is 0.0522. The molecule has 1 amide bonds. The standard InChI is InChI=1S/C21H27N3O6S2/c1-16-4-9-20(17(2)14-16)22-21(25)15-24(31(3,26)27)18-5-7-19(8-6-18)32(28,29)23-10-12-30-13-11-23/h4-9,14H,10-13,15H2,1-3H3,(H,22,25). The number of hydrogen-bond donors (Lipinski definition) is 1. The number of aryl methyl sites for hydroxylation is 2. The van der Waals surface area contributed by atoms with Gasteiger partial charge in [0.2, 0.25) is 26.0 Å². The zero-order chi connectivity index (χ0) is 23.5. The van der Waals surface area contributed by atoms with Crippen LogP contribution in [0.4, 0.5) is 11.4 Å². The largest absolute Gasteiger partial charge is 0.379 e. The Morgan fingerprint density at radius 3 is 2.22 bits per heavy atom. The Kier molecular flexibility index (Phi) is 7.23. The second kappa shape index (κ2) is 9.57. The van der Waals surface area contributed by atoms with Crippen molar-refractivity contribution in [3.8, 4) is 0 Å². The first kappa shape index (κ1) is 24.2. The van der Waals surface area contributed by atoms with Gasteiger partial charge in [-0.15, -0.1) is 0 Å². The summed E-state index contributed by atoms with van der Waals surface area (Å²) >= 11 is 0. The van der Waals surface area contributed by atoms with Gasteiger partial charge in [-0.3, -0.25) is 9.10 Å². The minimum atomic E-state index is -3.79. The molecule has 9 nitrogen and oxygen atoms in total. The average Bonchev–Trinajstić information content (AvgIpc) is 2.74. The second-order valence-corrected chi connectivity index (χ2v) is 11.5. The second-order valence-electron chi connectivity index (χ2n) is 7.65. The van der Waals surface area contributed by atoms with Gasteiger partial charge in [-0.2, -0.15) is 4.31 Å². The zero-order valence-corrected chi connectivity index (χ0v) is 19.9. The van der Waals surface area contributed by atoms with E-state index in [9.17, 15) is 21.6 Å². The van der Waals surface area contributed by atoms with Gasteiger partial charge in [0, 0.05) is 18.8 Å². The Labute approximate surface area is 189 Å². The highest BCUT2D eigenvalue weighted by Gasteiger charge is 2.27. The van der Waals surface area contributed by atoms with Crippen LogP contribution < -0.4 is 9.62 Å². The van der Waals surface area contributed by atoms with Gasteiger partial charge < -0.3 is 10.1 Å². The number of ether oxygens (including phenoxy) is 1. The molecule has 0 spiro atoms. The molecule has 0 aliphatic carbocycles. The van der Waals surface area contributed by atoms with Crippen molar-refractivity contribution in [3.05, 3.63) is 53.6 Å². The van der Waals surface area contributed by atoms with E-state index in [1.54, 1.807) is 6.07 Å². The monoisotopic (exact) mass is 481 g/mol. The normalized spacial score (nSPS) is 15.3. The van der Waals surface area contributed by atoms with E-state index in [-0.39, 0.29) is 23.7 Å². The van der Waals surface area contributed by atoms with Crippen molar-refractivity contribution in [3.63, 3.8) is 0 Å². The van der Waals surface area contributed by atoms with E-state index >= 15 is 0 Å². The molecular formula is C21H27N3O6S2. The number of anilines is 2. The average molecular weight is 482 g/mol. The maximum atomic E-state index is 12.8. The number of nitrogens with zero attached hydrogens (tertiary/aromatic N) is 2. The number of rotatable bonds is 7. The van der Waals surface area contributed by atoms with Crippen molar-refractivity contribution in [1.29, 1.82) is 0 Å². The number of nitrogens with one attached hydrogen (secondary N) is 1. The lowest BCUT2D eigenvalue weighted by molar-refractivity contribution is -0.114. The van der Waals surface area contributed by atoms with Crippen molar-refractivity contribution < 1.29 is 26.4 Å². The maximum Gasteiger partial charge on any atom is 0.245 e. The summed E-state index contributed by atoms with van der Waals surface area (Å²) in [5.74, 6) is -0.507. The molecule has 1 heterocycles. The van der Waals surface area contributed by atoms with Crippen molar-refractivity contribution in [2.45, 2.75) is 18.7 Å². The highest BCUT2D eigenvalue weighted by atomic mass is 32.2. The molecule has 0 aromatic heterocycles. The topological polar surface area (TPSA) is 113 Å². The van der Waals surface area contributed by atoms with Crippen LogP contribution in [0.5, 0.6) is 0 Å². The molecule has 1 saturated heterocycles. The number of morpholine rings is 1. The Balaban J connectivity index is 1.79. The Hall–Kier alpha value is -2.47. The van der Waals surface area contributed by atoms with E-state index < -0.39 is 32.5 Å². The smallest absolute Gasteiger partial charge is 0.245 e. The van der Waals surface area contributed by atoms with Crippen LogP contribution in [-0.4, -0.2) is 66.2 Å². The van der Waals surface area contributed by atoms with Gasteiger partial charge >= 0.3 is 0 Å². The number of amides is 1. The van der Waals surface area contributed by atoms with Crippen LogP contribution in [0, 0.1) is 13.8 Å². The lowest BCUT2D eigenvalue weighted by atomic mass is 10.1. The van der Waals surface area contributed by atoms with Crippen LogP contribution >= 0.6 is 0 Å². The van der Waals surface area contributed by atoms with Crippen LogP contribution in [0.3, 0.4) is 0 Å². The fourth-order valence-corrected chi connectivity index (χ4v) is 5.66. The van der Waals surface area contributed by atoms with Gasteiger partial charge in [0.15, 0.2) is 0 Å². The molecule has 1 aliphatic rings. The molecular weight excluding hydrogens is 454 g/mol. The Morgan fingerprint density at radius 2 is 1.66 bits per heavy atom. The summed E-state index contributed by atoms with van der Waals surface area (Å²) in [5, 5.41) is 2.73. The van der Waals surface area contributed by atoms with Gasteiger partial charge in [0.1, 0.15) is 6.54 Å². The predicted molar refractivity (Wildman–Crippen MR) is 123 cm³/mol. The molecule has 2 aromatic rings. The summed E-state index contributed by atoms with van der Waals surface area (Å²) in [6.45, 7) is 4.53. The molecule has 1 fully saturated rings. The molecule has 3 rings (SSSR count). The SMILES string of the molecule is Cc1ccc(NC(=O)CN(c2ccc(S(=O)(=O)N3CCOCC3)cc2)S(C)(=O)=O)c(C)c1. The van der Waals surface area contributed by atoms with Crippen molar-refractivity contribution in [2.24, 2.45) is 0 Å². The quantitative estimate of drug-likeness (QED) is 0.644. The van der Waals surface area contributed by atoms with Crippen LogP contribution in [0.1, 0.15) is 11.1 Å². The first-order chi connectivity index (χ1) is 15.0. The van der Waals surface area contributed by atoms with E-state index in [1.165, 1.54) is 28.6 Å². The molecule has 0 bridgehead atoms. The number of carbonyl (C=O) groups is 1. The number of hydrogen-bond acceptors (Lipinski definition) is 6. The summed E-state index contributed by atoms with van der Waals surface area (Å²) in [5.41, 5.74) is 2.71. The summed E-state index contributed by atoms with van der Waals surface area (Å²) in [4.78, 5) is 12.6. The first-order valence-electron chi connectivity index (χ1n) is 10.0. The molecule has 0 unspecified atom stereocenters. The number of sulfonamides is 2. The molecule has 0 radical (unpaired) electrons. The van der Waals surface area contributed by atoms with Crippen LogP contribution in [0.25, 0.3) is 0 Å². The van der Waals surface area contributed by atoms with E-state index in [0.29, 0.717) is 18.9 Å². The van der Waals surface area contributed by atoms with Crippen molar-refractivity contribution in [2.75, 3.05) is 48.7 Å². The third kappa shape index (κ3) is 5.66. The highest BCUT2D eigenvalue weighted by molar-refractivity contribution is 7.92. The van der Waals surface area contributed by atoms with Crippen LogP contribution in [0.15, 0.2) is 47.4 Å². The fraction of sp³-hybridized carbons (Fsp3) is 0.381. The van der Waals surface area contributed by atoms with E-state index in [4.69, 9.17) is 4.74 Å². The lowest BCUT2D eigenvalue weighted by Gasteiger charge is -2.26. The third-order valence-corrected chi connectivity index (χ3v) is 8.13. The first-order valence-corrected chi connectivity index (χ1v) is 13.3. The Bertz CT molecular complexity index is 1190. The summed E-state index contributed by atoms with van der Waals surface area (Å²) < 4.78 is 57.8. The van der Waals surface area contributed by atoms with Gasteiger partial charge in [-0.1, -0.05) is 17.7 Å². The van der Waals surface area contributed by atoms with E-state index in [0.717, 1.165) is 21.7 Å². The molecule has 0 atom stereocenters. The lowest BCUT2D eigenvalue weighted by Crippen LogP contribution is -2.40. The summed E-state index contributed by atoms with van der Waals surface area (Å²) in [6, 6.07) is 11.0. The van der Waals surface area contributed by atoms with Crippen LogP contribution in [0.2, 0.25) is 0 Å². The number of carbonyl (C=O) groups excluding carboxylic acids is 1. The van der Waals surface area contributed by atoms with Gasteiger partial charge in [-0.05, 0) is 49.7 Å². The Morgan fingerprint density at radius 1 is 1.03 bits per heavy atom. The van der Waals surface area contributed by atoms with Gasteiger partial charge in [0.25, 0.3) is 0 Å². The predicted octanol–water partition coefficient (Wildman–Crippen LogP) is 1.73. The zero-order valence-electron chi connectivity index (χ0n) is 18.2. The summed E-state index contributed by atoms with van der Waals surface area (Å²) in [7, 11) is -7.50. The van der Waals surface area contributed by atoms with Gasteiger partial charge in [-0.25, -0.2) is 16.8 Å².